The highest BCUT2D eigenvalue weighted by molar-refractivity contribution is 5.74. The lowest BCUT2D eigenvalue weighted by atomic mass is 10.2. The molecule has 0 N–H and O–H groups in total. The Morgan fingerprint density at radius 2 is 2.14 bits per heavy atom. The Morgan fingerprint density at radius 1 is 1.36 bits per heavy atom. The molecule has 0 aliphatic rings. The number of aryl methyl sites for hydroxylation is 1. The molecule has 0 radical (unpaired) electrons. The molecule has 1 aromatic carbocycles. The molecule has 72 valence electrons. The van der Waals surface area contributed by atoms with E-state index < -0.39 is 0 Å². The van der Waals surface area contributed by atoms with Crippen LogP contribution in [0.15, 0.2) is 33.5 Å². The van der Waals surface area contributed by atoms with Crippen molar-refractivity contribution in [3.8, 4) is 0 Å². The first-order valence-electron chi connectivity index (χ1n) is 4.70. The summed E-state index contributed by atoms with van der Waals surface area (Å²) >= 11 is 0. The van der Waals surface area contributed by atoms with Gasteiger partial charge in [0.05, 0.1) is 5.39 Å². The number of fused-ring (bicyclic) bond motifs is 1. The summed E-state index contributed by atoms with van der Waals surface area (Å²) in [5, 5.41) is 0.548. The van der Waals surface area contributed by atoms with E-state index in [0.29, 0.717) is 23.3 Å². The van der Waals surface area contributed by atoms with E-state index in [1.54, 1.807) is 18.2 Å². The van der Waals surface area contributed by atoms with Crippen LogP contribution in [-0.4, -0.2) is 4.98 Å². The lowest BCUT2D eigenvalue weighted by molar-refractivity contribution is 0.501. The van der Waals surface area contributed by atoms with E-state index in [1.807, 2.05) is 13.0 Å². The fourth-order valence-corrected chi connectivity index (χ4v) is 1.38. The van der Waals surface area contributed by atoms with Crippen LogP contribution < -0.4 is 5.56 Å². The van der Waals surface area contributed by atoms with Gasteiger partial charge in [0.25, 0.3) is 5.56 Å². The van der Waals surface area contributed by atoms with E-state index in [2.05, 4.69) is 4.98 Å². The minimum absolute atomic E-state index is 0.199. The molecule has 2 rings (SSSR count). The second-order valence-electron chi connectivity index (χ2n) is 3.16. The van der Waals surface area contributed by atoms with Crippen LogP contribution in [0.1, 0.15) is 19.2 Å². The van der Waals surface area contributed by atoms with Crippen molar-refractivity contribution in [1.29, 1.82) is 0 Å². The zero-order valence-electron chi connectivity index (χ0n) is 7.99. The number of aromatic nitrogens is 1. The number of hydrogen-bond donors (Lipinski definition) is 0. The predicted octanol–water partition coefficient (Wildman–Crippen LogP) is 2.14. The van der Waals surface area contributed by atoms with Crippen molar-refractivity contribution in [2.24, 2.45) is 0 Å². The van der Waals surface area contributed by atoms with Gasteiger partial charge in [0.2, 0.25) is 0 Å². The molecule has 1 heterocycles. The second-order valence-corrected chi connectivity index (χ2v) is 3.16. The zero-order chi connectivity index (χ0) is 9.97. The molecule has 0 amide bonds. The normalized spacial score (nSPS) is 10.6. The highest BCUT2D eigenvalue weighted by Gasteiger charge is 2.03. The van der Waals surface area contributed by atoms with Gasteiger partial charge >= 0.3 is 0 Å². The van der Waals surface area contributed by atoms with Crippen LogP contribution in [0.3, 0.4) is 0 Å². The molecule has 0 aliphatic carbocycles. The summed E-state index contributed by atoms with van der Waals surface area (Å²) in [5.41, 5.74) is 0.422. The molecule has 3 nitrogen and oxygen atoms in total. The van der Waals surface area contributed by atoms with Crippen LogP contribution in [0.25, 0.3) is 11.0 Å². The van der Waals surface area contributed by atoms with E-state index in [-0.39, 0.29) is 5.56 Å². The van der Waals surface area contributed by atoms with Crippen molar-refractivity contribution in [3.63, 3.8) is 0 Å². The van der Waals surface area contributed by atoms with Crippen LogP contribution in [0.4, 0.5) is 0 Å². The quantitative estimate of drug-likeness (QED) is 0.726. The van der Waals surface area contributed by atoms with Crippen molar-refractivity contribution < 1.29 is 4.42 Å². The van der Waals surface area contributed by atoms with Gasteiger partial charge in [-0.3, -0.25) is 4.79 Å². The maximum atomic E-state index is 11.5. The average Bonchev–Trinajstić information content (AvgIpc) is 2.18. The molecule has 2 aromatic rings. The average molecular weight is 189 g/mol. The SMILES string of the molecule is CCCc1nc(=O)c2ccccc2o1. The minimum Gasteiger partial charge on any atom is -0.442 e. The molecule has 14 heavy (non-hydrogen) atoms. The molecule has 3 heteroatoms. The Bertz CT molecular complexity index is 502. The van der Waals surface area contributed by atoms with Crippen LogP contribution >= 0.6 is 0 Å². The number of nitrogens with zero attached hydrogens (tertiary/aromatic N) is 1. The van der Waals surface area contributed by atoms with Crippen molar-refractivity contribution in [1.82, 2.24) is 4.98 Å². The number of rotatable bonds is 2. The lowest BCUT2D eigenvalue weighted by Gasteiger charge is -1.98. The monoisotopic (exact) mass is 189 g/mol. The minimum atomic E-state index is -0.199. The Hall–Kier alpha value is -1.64. The van der Waals surface area contributed by atoms with Crippen LogP contribution in [-0.2, 0) is 6.42 Å². The van der Waals surface area contributed by atoms with E-state index in [9.17, 15) is 4.79 Å². The lowest BCUT2D eigenvalue weighted by Crippen LogP contribution is -2.08. The standard InChI is InChI=1S/C11H11NO2/c1-2-5-10-12-11(13)8-6-3-4-7-9(8)14-10/h3-4,6-7H,2,5H2,1H3. The summed E-state index contributed by atoms with van der Waals surface area (Å²) < 4.78 is 5.47. The van der Waals surface area contributed by atoms with Gasteiger partial charge in [-0.25, -0.2) is 0 Å². The molecule has 0 saturated heterocycles. The second kappa shape index (κ2) is 3.62. The van der Waals surface area contributed by atoms with Crippen molar-refractivity contribution in [2.75, 3.05) is 0 Å². The van der Waals surface area contributed by atoms with Crippen LogP contribution in [0, 0.1) is 0 Å². The van der Waals surface area contributed by atoms with E-state index in [1.165, 1.54) is 0 Å². The summed E-state index contributed by atoms with van der Waals surface area (Å²) in [5.74, 6) is 0.524. The smallest absolute Gasteiger partial charge is 0.283 e. The topological polar surface area (TPSA) is 43.1 Å². The number of para-hydroxylation sites is 1. The van der Waals surface area contributed by atoms with Crippen LogP contribution in [0.2, 0.25) is 0 Å². The third kappa shape index (κ3) is 1.53. The van der Waals surface area contributed by atoms with E-state index in [4.69, 9.17) is 4.42 Å². The maximum absolute atomic E-state index is 11.5. The first-order valence-corrected chi connectivity index (χ1v) is 4.70. The summed E-state index contributed by atoms with van der Waals surface area (Å²) in [4.78, 5) is 15.4. The Morgan fingerprint density at radius 3 is 2.93 bits per heavy atom. The molecule has 0 fully saturated rings. The fraction of sp³-hybridized carbons (Fsp3) is 0.273. The van der Waals surface area contributed by atoms with Gasteiger partial charge in [-0.05, 0) is 18.6 Å². The van der Waals surface area contributed by atoms with Crippen molar-refractivity contribution >= 4 is 11.0 Å². The summed E-state index contributed by atoms with van der Waals surface area (Å²) in [7, 11) is 0. The zero-order valence-corrected chi connectivity index (χ0v) is 7.99. The largest absolute Gasteiger partial charge is 0.442 e. The molecular formula is C11H11NO2. The van der Waals surface area contributed by atoms with Gasteiger partial charge in [0.1, 0.15) is 5.58 Å². The summed E-state index contributed by atoms with van der Waals surface area (Å²) in [6.07, 6.45) is 1.63. The van der Waals surface area contributed by atoms with E-state index >= 15 is 0 Å². The molecule has 0 saturated carbocycles. The molecule has 0 spiro atoms. The highest BCUT2D eigenvalue weighted by atomic mass is 16.3. The first kappa shape index (κ1) is 8.94. The van der Waals surface area contributed by atoms with Gasteiger partial charge in [-0.15, -0.1) is 0 Å². The third-order valence-corrected chi connectivity index (χ3v) is 2.04. The van der Waals surface area contributed by atoms with Gasteiger partial charge in [-0.2, -0.15) is 4.98 Å². The fourth-order valence-electron chi connectivity index (χ4n) is 1.38. The predicted molar refractivity (Wildman–Crippen MR) is 54.3 cm³/mol. The maximum Gasteiger partial charge on any atom is 0.283 e. The van der Waals surface area contributed by atoms with Gasteiger partial charge in [0, 0.05) is 6.42 Å². The Kier molecular flexibility index (Phi) is 2.31. The third-order valence-electron chi connectivity index (χ3n) is 2.04. The summed E-state index contributed by atoms with van der Waals surface area (Å²) in [6.45, 7) is 2.02. The summed E-state index contributed by atoms with van der Waals surface area (Å²) in [6, 6.07) is 7.17. The Labute approximate surface area is 81.4 Å². The molecule has 0 aliphatic heterocycles. The van der Waals surface area contributed by atoms with Gasteiger partial charge in [0.15, 0.2) is 5.89 Å². The van der Waals surface area contributed by atoms with Gasteiger partial charge < -0.3 is 4.42 Å². The van der Waals surface area contributed by atoms with E-state index in [0.717, 1.165) is 6.42 Å². The number of benzene rings is 1. The molecular weight excluding hydrogens is 178 g/mol. The van der Waals surface area contributed by atoms with Crippen molar-refractivity contribution in [2.45, 2.75) is 19.8 Å². The Balaban J connectivity index is 2.66. The van der Waals surface area contributed by atoms with Crippen molar-refractivity contribution in [3.05, 3.63) is 40.5 Å². The van der Waals surface area contributed by atoms with Gasteiger partial charge in [-0.1, -0.05) is 19.1 Å². The first-order chi connectivity index (χ1) is 6.81. The molecule has 0 unspecified atom stereocenters. The highest BCUT2D eigenvalue weighted by Crippen LogP contribution is 2.10. The van der Waals surface area contributed by atoms with Crippen LogP contribution in [0.5, 0.6) is 0 Å². The number of hydrogen-bond acceptors (Lipinski definition) is 3. The molecule has 0 atom stereocenters. The molecule has 0 bridgehead atoms. The molecule has 1 aromatic heterocycles.